The van der Waals surface area contributed by atoms with Gasteiger partial charge in [-0.3, -0.25) is 5.10 Å². The van der Waals surface area contributed by atoms with Crippen LogP contribution in [0.2, 0.25) is 0 Å². The number of aromatic amines is 1. The van der Waals surface area contributed by atoms with Crippen LogP contribution in [0.3, 0.4) is 0 Å². The van der Waals surface area contributed by atoms with Gasteiger partial charge in [-0.2, -0.15) is 5.10 Å². The number of aromatic nitrogens is 2. The molecule has 0 atom stereocenters. The highest BCUT2D eigenvalue weighted by atomic mass is 15.1. The maximum absolute atomic E-state index is 4.46. The summed E-state index contributed by atoms with van der Waals surface area (Å²) in [5, 5.41) is 11.9. The summed E-state index contributed by atoms with van der Waals surface area (Å²) >= 11 is 0. The van der Waals surface area contributed by atoms with Crippen molar-refractivity contribution in [3.63, 3.8) is 0 Å². The van der Waals surface area contributed by atoms with E-state index in [9.17, 15) is 0 Å². The molecule has 1 aromatic carbocycles. The van der Waals surface area contributed by atoms with E-state index in [0.717, 1.165) is 44.7 Å². The second-order valence-corrected chi connectivity index (χ2v) is 6.18. The van der Waals surface area contributed by atoms with Gasteiger partial charge in [0.25, 0.3) is 0 Å². The predicted molar refractivity (Wildman–Crippen MR) is 119 cm³/mol. The fraction of sp³-hybridized carbons (Fsp3) is 0.125. The monoisotopic (exact) mass is 357 g/mol. The quantitative estimate of drug-likeness (QED) is 0.544. The standard InChI is InChI=1S/C24H27N3/c1-7-10-12-17(4)18(5)25-19(6)24-22-16-21(14-15-23(22)26-27-24)20(9-3)13-11-8-2/h7-16,25H,1-2,6H2,3-5H3,(H,26,27)/b12-10-,13-11-,18-17+,20-9+. The number of hydrogen-bond acceptors (Lipinski definition) is 2. The number of nitrogens with one attached hydrogen (secondary N) is 2. The van der Waals surface area contributed by atoms with Crippen molar-refractivity contribution in [2.75, 3.05) is 0 Å². The van der Waals surface area contributed by atoms with E-state index in [0.29, 0.717) is 0 Å². The van der Waals surface area contributed by atoms with Crippen LogP contribution in [0.4, 0.5) is 0 Å². The first-order valence-corrected chi connectivity index (χ1v) is 8.88. The molecular weight excluding hydrogens is 330 g/mol. The van der Waals surface area contributed by atoms with Gasteiger partial charge in [-0.25, -0.2) is 0 Å². The van der Waals surface area contributed by atoms with E-state index in [-0.39, 0.29) is 0 Å². The molecule has 1 heterocycles. The third-order valence-corrected chi connectivity index (χ3v) is 4.32. The highest BCUT2D eigenvalue weighted by Crippen LogP contribution is 2.26. The van der Waals surface area contributed by atoms with E-state index < -0.39 is 0 Å². The zero-order chi connectivity index (χ0) is 19.8. The molecule has 27 heavy (non-hydrogen) atoms. The van der Waals surface area contributed by atoms with Crippen molar-refractivity contribution in [3.05, 3.63) is 103 Å². The minimum atomic E-state index is 0.755. The normalized spacial score (nSPS) is 13.2. The molecule has 3 heteroatoms. The van der Waals surface area contributed by atoms with Gasteiger partial charge in [0.05, 0.1) is 11.2 Å². The van der Waals surface area contributed by atoms with Crippen LogP contribution >= 0.6 is 0 Å². The lowest BCUT2D eigenvalue weighted by Gasteiger charge is -2.10. The molecule has 0 unspecified atom stereocenters. The van der Waals surface area contributed by atoms with Crippen LogP contribution in [0.5, 0.6) is 0 Å². The summed E-state index contributed by atoms with van der Waals surface area (Å²) in [4.78, 5) is 0. The first-order chi connectivity index (χ1) is 13.0. The highest BCUT2D eigenvalue weighted by molar-refractivity contribution is 5.93. The Labute approximate surface area is 161 Å². The lowest BCUT2D eigenvalue weighted by Crippen LogP contribution is -2.10. The third-order valence-electron chi connectivity index (χ3n) is 4.32. The Balaban J connectivity index is 2.39. The Morgan fingerprint density at radius 1 is 1.11 bits per heavy atom. The van der Waals surface area contributed by atoms with Gasteiger partial charge in [0.15, 0.2) is 0 Å². The molecule has 138 valence electrons. The first-order valence-electron chi connectivity index (χ1n) is 8.88. The van der Waals surface area contributed by atoms with Crippen LogP contribution in [-0.2, 0) is 0 Å². The Morgan fingerprint density at radius 3 is 2.48 bits per heavy atom. The van der Waals surface area contributed by atoms with Crippen molar-refractivity contribution in [2.24, 2.45) is 0 Å². The number of rotatable bonds is 8. The molecule has 0 spiro atoms. The highest BCUT2D eigenvalue weighted by Gasteiger charge is 2.11. The van der Waals surface area contributed by atoms with E-state index in [1.54, 1.807) is 12.2 Å². The van der Waals surface area contributed by atoms with Gasteiger partial charge in [0, 0.05) is 11.1 Å². The van der Waals surface area contributed by atoms with E-state index >= 15 is 0 Å². The minimum absolute atomic E-state index is 0.755. The lowest BCUT2D eigenvalue weighted by molar-refractivity contribution is 1.02. The van der Waals surface area contributed by atoms with Crippen molar-refractivity contribution in [2.45, 2.75) is 20.8 Å². The molecule has 0 aliphatic rings. The van der Waals surface area contributed by atoms with E-state index in [1.165, 1.54) is 0 Å². The molecule has 0 aliphatic heterocycles. The fourth-order valence-corrected chi connectivity index (χ4v) is 2.68. The number of nitrogens with zero attached hydrogens (tertiary/aromatic N) is 1. The summed E-state index contributed by atoms with van der Waals surface area (Å²) in [5.41, 5.74) is 6.93. The van der Waals surface area contributed by atoms with E-state index in [1.807, 2.05) is 51.1 Å². The lowest BCUT2D eigenvalue weighted by atomic mass is 10.0. The van der Waals surface area contributed by atoms with Crippen LogP contribution in [0.15, 0.2) is 91.7 Å². The molecule has 0 aliphatic carbocycles. The van der Waals surface area contributed by atoms with Crippen LogP contribution in [0, 0.1) is 0 Å². The van der Waals surface area contributed by atoms with Crippen LogP contribution in [0.25, 0.3) is 22.2 Å². The van der Waals surface area contributed by atoms with Gasteiger partial charge < -0.3 is 5.32 Å². The molecule has 0 fully saturated rings. The Morgan fingerprint density at radius 2 is 1.81 bits per heavy atom. The molecule has 0 saturated heterocycles. The number of fused-ring (bicyclic) bond motifs is 1. The molecule has 2 N–H and O–H groups in total. The Hall–Kier alpha value is -3.33. The predicted octanol–water partition coefficient (Wildman–Crippen LogP) is 6.30. The van der Waals surface area contributed by atoms with Crippen LogP contribution in [0.1, 0.15) is 32.0 Å². The van der Waals surface area contributed by atoms with Crippen LogP contribution in [-0.4, -0.2) is 10.2 Å². The SMILES string of the molecule is C=C/C=C\C(=C/C)c1ccc2[nH]nc(C(=C)N/C(C)=C(C)/C=C\C=C)c2c1. The molecule has 2 aromatic rings. The summed E-state index contributed by atoms with van der Waals surface area (Å²) in [5.74, 6) is 0. The van der Waals surface area contributed by atoms with Crippen molar-refractivity contribution in [3.8, 4) is 0 Å². The van der Waals surface area contributed by atoms with Crippen molar-refractivity contribution in [1.29, 1.82) is 0 Å². The zero-order valence-electron chi connectivity index (χ0n) is 16.3. The third kappa shape index (κ3) is 4.85. The fourth-order valence-electron chi connectivity index (χ4n) is 2.68. The van der Waals surface area contributed by atoms with Gasteiger partial charge >= 0.3 is 0 Å². The second kappa shape index (κ2) is 9.39. The topological polar surface area (TPSA) is 40.7 Å². The minimum Gasteiger partial charge on any atom is -0.358 e. The van der Waals surface area contributed by atoms with Gasteiger partial charge in [0.1, 0.15) is 5.69 Å². The van der Waals surface area contributed by atoms with Crippen molar-refractivity contribution in [1.82, 2.24) is 15.5 Å². The summed E-state index contributed by atoms with van der Waals surface area (Å²) in [6, 6.07) is 6.26. The average Bonchev–Trinajstić information content (AvgIpc) is 3.10. The molecular formula is C24H27N3. The van der Waals surface area contributed by atoms with Crippen molar-refractivity contribution >= 4 is 22.2 Å². The van der Waals surface area contributed by atoms with E-state index in [4.69, 9.17) is 0 Å². The first kappa shape index (κ1) is 20.0. The second-order valence-electron chi connectivity index (χ2n) is 6.18. The summed E-state index contributed by atoms with van der Waals surface area (Å²) in [7, 11) is 0. The maximum atomic E-state index is 4.46. The largest absolute Gasteiger partial charge is 0.358 e. The number of hydrogen-bond donors (Lipinski definition) is 2. The zero-order valence-corrected chi connectivity index (χ0v) is 16.3. The Kier molecular flexibility index (Phi) is 6.95. The summed E-state index contributed by atoms with van der Waals surface area (Å²) in [6.07, 6.45) is 13.5. The number of H-pyrrole nitrogens is 1. The molecule has 3 nitrogen and oxygen atoms in total. The molecule has 0 saturated carbocycles. The van der Waals surface area contributed by atoms with Crippen LogP contribution < -0.4 is 5.32 Å². The average molecular weight is 358 g/mol. The molecule has 0 bridgehead atoms. The summed E-state index contributed by atoms with van der Waals surface area (Å²) in [6.45, 7) is 17.7. The molecule has 0 amide bonds. The summed E-state index contributed by atoms with van der Waals surface area (Å²) < 4.78 is 0. The van der Waals surface area contributed by atoms with Gasteiger partial charge in [0.2, 0.25) is 0 Å². The van der Waals surface area contributed by atoms with Gasteiger partial charge in [-0.05, 0) is 49.6 Å². The molecule has 0 radical (unpaired) electrons. The van der Waals surface area contributed by atoms with Gasteiger partial charge in [-0.15, -0.1) is 0 Å². The van der Waals surface area contributed by atoms with Crippen molar-refractivity contribution < 1.29 is 0 Å². The van der Waals surface area contributed by atoms with E-state index in [2.05, 4.69) is 53.5 Å². The molecule has 2 rings (SSSR count). The smallest absolute Gasteiger partial charge is 0.116 e. The Bertz CT molecular complexity index is 978. The van der Waals surface area contributed by atoms with Gasteiger partial charge in [-0.1, -0.05) is 68.3 Å². The maximum Gasteiger partial charge on any atom is 0.116 e. The molecule has 1 aromatic heterocycles. The number of allylic oxidation sites excluding steroid dienone is 10. The number of benzene rings is 1.